The second-order valence-corrected chi connectivity index (χ2v) is 7.16. The lowest BCUT2D eigenvalue weighted by molar-refractivity contribution is 0.414. The van der Waals surface area contributed by atoms with Crippen LogP contribution in [0, 0.1) is 6.92 Å². The van der Waals surface area contributed by atoms with E-state index in [-0.39, 0.29) is 4.75 Å². The third-order valence-electron chi connectivity index (χ3n) is 4.49. The summed E-state index contributed by atoms with van der Waals surface area (Å²) in [7, 11) is 3.38. The van der Waals surface area contributed by atoms with Crippen molar-refractivity contribution < 1.29 is 9.47 Å². The molecule has 0 spiro atoms. The molecule has 0 unspecified atom stereocenters. The highest BCUT2D eigenvalue weighted by Crippen LogP contribution is 2.48. The minimum absolute atomic E-state index is 0.346. The van der Waals surface area contributed by atoms with Crippen LogP contribution in [-0.4, -0.2) is 20.0 Å². The standard InChI is InChI=1S/C23H23O2S/c1-4-26-23(18-8-6-5-7-9-18,19-10-14-21(24-2)15-11-19)20-12-16-22(25-3)17-13-20/h5-17H,1,4H2,2-3H3. The maximum atomic E-state index is 5.35. The summed E-state index contributed by atoms with van der Waals surface area (Å²) in [6.45, 7) is 4.13. The van der Waals surface area contributed by atoms with Crippen molar-refractivity contribution in [3.05, 3.63) is 102 Å². The number of thioether (sulfide) groups is 1. The molecule has 0 aliphatic heterocycles. The number of hydrogen-bond donors (Lipinski definition) is 0. The maximum absolute atomic E-state index is 5.35. The Hall–Kier alpha value is -2.39. The molecule has 0 aromatic heterocycles. The molecule has 3 aromatic rings. The SMILES string of the molecule is [CH2]CSC(c1ccccc1)(c1ccc(OC)cc1)c1ccc(OC)cc1. The van der Waals surface area contributed by atoms with Gasteiger partial charge in [-0.15, -0.1) is 11.8 Å². The minimum Gasteiger partial charge on any atom is -0.497 e. The van der Waals surface area contributed by atoms with Gasteiger partial charge in [-0.2, -0.15) is 0 Å². The average Bonchev–Trinajstić information content (AvgIpc) is 2.73. The second kappa shape index (κ2) is 8.33. The van der Waals surface area contributed by atoms with Crippen LogP contribution in [0.5, 0.6) is 11.5 Å². The summed E-state index contributed by atoms with van der Waals surface area (Å²) < 4.78 is 10.3. The molecule has 0 heterocycles. The summed E-state index contributed by atoms with van der Waals surface area (Å²) in [5, 5.41) is 0. The largest absolute Gasteiger partial charge is 0.497 e. The molecule has 1 radical (unpaired) electrons. The van der Waals surface area contributed by atoms with Gasteiger partial charge in [-0.05, 0) is 53.6 Å². The molecule has 3 aromatic carbocycles. The predicted octanol–water partition coefficient (Wildman–Crippen LogP) is 5.56. The molecule has 0 atom stereocenters. The van der Waals surface area contributed by atoms with Gasteiger partial charge in [-0.1, -0.05) is 54.6 Å². The maximum Gasteiger partial charge on any atom is 0.118 e. The van der Waals surface area contributed by atoms with E-state index in [2.05, 4.69) is 55.5 Å². The smallest absolute Gasteiger partial charge is 0.118 e. The Bertz CT molecular complexity index is 764. The molecule has 26 heavy (non-hydrogen) atoms. The van der Waals surface area contributed by atoms with Crippen molar-refractivity contribution in [3.63, 3.8) is 0 Å². The Morgan fingerprint density at radius 1 is 0.692 bits per heavy atom. The van der Waals surface area contributed by atoms with Crippen molar-refractivity contribution in [2.45, 2.75) is 4.75 Å². The predicted molar refractivity (Wildman–Crippen MR) is 110 cm³/mol. The zero-order valence-corrected chi connectivity index (χ0v) is 16.0. The summed E-state index contributed by atoms with van der Waals surface area (Å²) >= 11 is 1.82. The molecule has 2 nitrogen and oxygen atoms in total. The van der Waals surface area contributed by atoms with Crippen molar-refractivity contribution >= 4 is 11.8 Å². The number of ether oxygens (including phenoxy) is 2. The summed E-state index contributed by atoms with van der Waals surface area (Å²) in [5.41, 5.74) is 3.62. The lowest BCUT2D eigenvalue weighted by Crippen LogP contribution is -2.26. The van der Waals surface area contributed by atoms with E-state index >= 15 is 0 Å². The summed E-state index contributed by atoms with van der Waals surface area (Å²) in [6, 6.07) is 27.2. The van der Waals surface area contributed by atoms with E-state index in [1.807, 2.05) is 42.1 Å². The van der Waals surface area contributed by atoms with Crippen LogP contribution in [0.4, 0.5) is 0 Å². The summed E-state index contributed by atoms with van der Waals surface area (Å²) in [6.07, 6.45) is 0. The number of benzene rings is 3. The molecule has 0 amide bonds. The first kappa shape index (κ1) is 18.4. The highest BCUT2D eigenvalue weighted by Gasteiger charge is 2.36. The van der Waals surface area contributed by atoms with Gasteiger partial charge in [0.25, 0.3) is 0 Å². The molecule has 0 aliphatic rings. The Labute approximate surface area is 160 Å². The van der Waals surface area contributed by atoms with Crippen molar-refractivity contribution in [3.8, 4) is 11.5 Å². The highest BCUT2D eigenvalue weighted by molar-refractivity contribution is 8.00. The van der Waals surface area contributed by atoms with E-state index in [4.69, 9.17) is 9.47 Å². The van der Waals surface area contributed by atoms with E-state index in [0.717, 1.165) is 17.3 Å². The number of hydrogen-bond acceptors (Lipinski definition) is 3. The molecule has 133 valence electrons. The molecule has 0 saturated carbocycles. The molecule has 0 bridgehead atoms. The average molecular weight is 364 g/mol. The van der Waals surface area contributed by atoms with Gasteiger partial charge in [0.15, 0.2) is 0 Å². The first-order chi connectivity index (χ1) is 12.7. The van der Waals surface area contributed by atoms with Crippen LogP contribution in [0.3, 0.4) is 0 Å². The Kier molecular flexibility index (Phi) is 5.89. The fraction of sp³-hybridized carbons (Fsp3) is 0.174. The molecule has 3 rings (SSSR count). The van der Waals surface area contributed by atoms with Gasteiger partial charge in [-0.25, -0.2) is 0 Å². The van der Waals surface area contributed by atoms with E-state index in [1.54, 1.807) is 14.2 Å². The van der Waals surface area contributed by atoms with E-state index < -0.39 is 0 Å². The van der Waals surface area contributed by atoms with E-state index in [9.17, 15) is 0 Å². The number of rotatable bonds is 7. The quantitative estimate of drug-likeness (QED) is 0.512. The highest BCUT2D eigenvalue weighted by atomic mass is 32.2. The fourth-order valence-corrected chi connectivity index (χ4v) is 4.44. The molecule has 3 heteroatoms. The van der Waals surface area contributed by atoms with Crippen LogP contribution in [0.1, 0.15) is 16.7 Å². The van der Waals surface area contributed by atoms with Crippen molar-refractivity contribution in [1.29, 1.82) is 0 Å². The Morgan fingerprint density at radius 3 is 1.50 bits per heavy atom. The topological polar surface area (TPSA) is 18.5 Å². The van der Waals surface area contributed by atoms with Crippen LogP contribution in [0.2, 0.25) is 0 Å². The van der Waals surface area contributed by atoms with Crippen molar-refractivity contribution in [2.24, 2.45) is 0 Å². The van der Waals surface area contributed by atoms with Gasteiger partial charge >= 0.3 is 0 Å². The third kappa shape index (κ3) is 3.45. The van der Waals surface area contributed by atoms with E-state index in [1.165, 1.54) is 16.7 Å². The van der Waals surface area contributed by atoms with Gasteiger partial charge in [0.2, 0.25) is 0 Å². The van der Waals surface area contributed by atoms with Crippen molar-refractivity contribution in [2.75, 3.05) is 20.0 Å². The third-order valence-corrected chi connectivity index (χ3v) is 5.84. The first-order valence-electron chi connectivity index (χ1n) is 8.52. The Balaban J connectivity index is 2.23. The van der Waals surface area contributed by atoms with Crippen LogP contribution in [0.15, 0.2) is 78.9 Å². The Morgan fingerprint density at radius 2 is 1.12 bits per heavy atom. The van der Waals surface area contributed by atoms with Crippen LogP contribution >= 0.6 is 11.8 Å². The van der Waals surface area contributed by atoms with Crippen LogP contribution in [-0.2, 0) is 4.75 Å². The zero-order chi connectivity index (χ0) is 18.4. The van der Waals surface area contributed by atoms with E-state index in [0.29, 0.717) is 0 Å². The van der Waals surface area contributed by atoms with Crippen LogP contribution in [0.25, 0.3) is 0 Å². The second-order valence-electron chi connectivity index (χ2n) is 5.85. The van der Waals surface area contributed by atoms with Crippen molar-refractivity contribution in [1.82, 2.24) is 0 Å². The van der Waals surface area contributed by atoms with Gasteiger partial charge in [0.05, 0.1) is 19.0 Å². The molecule has 0 N–H and O–H groups in total. The lowest BCUT2D eigenvalue weighted by Gasteiger charge is -2.35. The minimum atomic E-state index is -0.346. The first-order valence-corrected chi connectivity index (χ1v) is 9.51. The number of methoxy groups -OCH3 is 2. The summed E-state index contributed by atoms with van der Waals surface area (Å²) in [4.78, 5) is 0. The van der Waals surface area contributed by atoms with Gasteiger partial charge < -0.3 is 9.47 Å². The normalized spacial score (nSPS) is 11.2. The van der Waals surface area contributed by atoms with Crippen LogP contribution < -0.4 is 9.47 Å². The molecule has 0 saturated heterocycles. The monoisotopic (exact) mass is 363 g/mol. The lowest BCUT2D eigenvalue weighted by atomic mass is 9.84. The van der Waals surface area contributed by atoms with Gasteiger partial charge in [0, 0.05) is 0 Å². The molecule has 0 aliphatic carbocycles. The van der Waals surface area contributed by atoms with Gasteiger partial charge in [-0.3, -0.25) is 0 Å². The van der Waals surface area contributed by atoms with Gasteiger partial charge in [0.1, 0.15) is 11.5 Å². The molecule has 0 fully saturated rings. The molecular formula is C23H23O2S. The zero-order valence-electron chi connectivity index (χ0n) is 15.1. The molecular weight excluding hydrogens is 340 g/mol. The fourth-order valence-electron chi connectivity index (χ4n) is 3.23. The summed E-state index contributed by atoms with van der Waals surface area (Å²) in [5.74, 6) is 2.45.